The maximum absolute atomic E-state index is 12.2. The molecule has 28 heavy (non-hydrogen) atoms. The second-order valence-corrected chi connectivity index (χ2v) is 6.95. The van der Waals surface area contributed by atoms with Gasteiger partial charge in [-0.25, -0.2) is 0 Å². The lowest BCUT2D eigenvalue weighted by atomic mass is 10.0. The summed E-state index contributed by atoms with van der Waals surface area (Å²) in [6, 6.07) is 17.2. The van der Waals surface area contributed by atoms with Crippen molar-refractivity contribution in [3.8, 4) is 5.75 Å². The Hall–Kier alpha value is -2.41. The zero-order valence-electron chi connectivity index (χ0n) is 16.2. The first-order chi connectivity index (χ1) is 13.7. The van der Waals surface area contributed by atoms with Crippen molar-refractivity contribution < 1.29 is 14.3 Å². The van der Waals surface area contributed by atoms with Crippen LogP contribution in [0.5, 0.6) is 5.75 Å². The molecular formula is C22H29N3O3. The maximum atomic E-state index is 12.2. The van der Waals surface area contributed by atoms with Gasteiger partial charge in [0.25, 0.3) is 0 Å². The van der Waals surface area contributed by atoms with E-state index in [-0.39, 0.29) is 18.4 Å². The summed E-state index contributed by atoms with van der Waals surface area (Å²) < 4.78 is 11.2. The zero-order chi connectivity index (χ0) is 19.6. The molecule has 1 saturated heterocycles. The number of rotatable bonds is 9. The predicted molar refractivity (Wildman–Crippen MR) is 109 cm³/mol. The molecule has 1 unspecified atom stereocenters. The van der Waals surface area contributed by atoms with Gasteiger partial charge in [0.05, 0.1) is 13.2 Å². The molecule has 6 nitrogen and oxygen atoms in total. The third kappa shape index (κ3) is 6.64. The lowest BCUT2D eigenvalue weighted by Gasteiger charge is -2.26. The second kappa shape index (κ2) is 10.8. The highest BCUT2D eigenvalue weighted by molar-refractivity contribution is 5.76. The first kappa shape index (κ1) is 20.3. The van der Waals surface area contributed by atoms with Crippen LogP contribution >= 0.6 is 0 Å². The molecule has 3 rings (SSSR count). The van der Waals surface area contributed by atoms with Crippen LogP contribution in [0.15, 0.2) is 54.6 Å². The van der Waals surface area contributed by atoms with E-state index in [1.165, 1.54) is 0 Å². The molecule has 1 atom stereocenters. The fourth-order valence-electron chi connectivity index (χ4n) is 3.15. The number of ether oxygens (including phenoxy) is 2. The van der Waals surface area contributed by atoms with Crippen molar-refractivity contribution in [1.29, 1.82) is 0 Å². The van der Waals surface area contributed by atoms with E-state index in [4.69, 9.17) is 15.2 Å². The van der Waals surface area contributed by atoms with E-state index in [0.717, 1.165) is 49.7 Å². The lowest BCUT2D eigenvalue weighted by molar-refractivity contribution is -0.121. The summed E-state index contributed by atoms with van der Waals surface area (Å²) >= 11 is 0. The van der Waals surface area contributed by atoms with Gasteiger partial charge in [-0.05, 0) is 23.3 Å². The van der Waals surface area contributed by atoms with Crippen LogP contribution in [-0.2, 0) is 16.1 Å². The number of carbonyl (C=O) groups excluding carboxylic acids is 1. The minimum absolute atomic E-state index is 0.0602. The fraction of sp³-hybridized carbons (Fsp3) is 0.409. The normalized spacial score (nSPS) is 15.8. The van der Waals surface area contributed by atoms with Crippen molar-refractivity contribution in [2.24, 2.45) is 5.73 Å². The SMILES string of the molecule is NC(CC(=O)NCc1cccc(OCCN2CCOCC2)c1)c1ccccc1. The van der Waals surface area contributed by atoms with Gasteiger partial charge in [-0.2, -0.15) is 0 Å². The minimum atomic E-state index is -0.295. The van der Waals surface area contributed by atoms with E-state index >= 15 is 0 Å². The largest absolute Gasteiger partial charge is 0.492 e. The average Bonchev–Trinajstić information content (AvgIpc) is 2.74. The smallest absolute Gasteiger partial charge is 0.222 e. The van der Waals surface area contributed by atoms with Gasteiger partial charge in [-0.1, -0.05) is 42.5 Å². The number of hydrogen-bond acceptors (Lipinski definition) is 5. The molecule has 1 fully saturated rings. The molecule has 1 heterocycles. The lowest BCUT2D eigenvalue weighted by Crippen LogP contribution is -2.38. The van der Waals surface area contributed by atoms with Gasteiger partial charge in [0.1, 0.15) is 12.4 Å². The van der Waals surface area contributed by atoms with Gasteiger partial charge in [0.2, 0.25) is 5.91 Å². The van der Waals surface area contributed by atoms with Crippen molar-refractivity contribution in [2.75, 3.05) is 39.5 Å². The average molecular weight is 383 g/mol. The molecule has 6 heteroatoms. The summed E-state index contributed by atoms with van der Waals surface area (Å²) in [4.78, 5) is 14.5. The van der Waals surface area contributed by atoms with E-state index in [1.807, 2.05) is 54.6 Å². The molecule has 2 aromatic rings. The first-order valence-electron chi connectivity index (χ1n) is 9.80. The predicted octanol–water partition coefficient (Wildman–Crippen LogP) is 2.10. The van der Waals surface area contributed by atoms with Gasteiger partial charge in [-0.15, -0.1) is 0 Å². The highest BCUT2D eigenvalue weighted by Gasteiger charge is 2.12. The monoisotopic (exact) mass is 383 g/mol. The molecule has 0 spiro atoms. The maximum Gasteiger partial charge on any atom is 0.222 e. The third-order valence-electron chi connectivity index (χ3n) is 4.80. The van der Waals surface area contributed by atoms with Crippen molar-refractivity contribution in [1.82, 2.24) is 10.2 Å². The second-order valence-electron chi connectivity index (χ2n) is 6.95. The summed E-state index contributed by atoms with van der Waals surface area (Å²) in [7, 11) is 0. The van der Waals surface area contributed by atoms with E-state index < -0.39 is 0 Å². The Morgan fingerprint density at radius 1 is 1.14 bits per heavy atom. The molecule has 1 aliphatic rings. The number of morpholine rings is 1. The zero-order valence-corrected chi connectivity index (χ0v) is 16.2. The van der Waals surface area contributed by atoms with Crippen LogP contribution in [0.1, 0.15) is 23.6 Å². The Morgan fingerprint density at radius 2 is 1.93 bits per heavy atom. The van der Waals surface area contributed by atoms with Gasteiger partial charge in [0.15, 0.2) is 0 Å². The Morgan fingerprint density at radius 3 is 2.71 bits per heavy atom. The van der Waals surface area contributed by atoms with Crippen LogP contribution in [0.4, 0.5) is 0 Å². The third-order valence-corrected chi connectivity index (χ3v) is 4.80. The number of nitrogens with one attached hydrogen (secondary N) is 1. The number of nitrogens with two attached hydrogens (primary N) is 1. The van der Waals surface area contributed by atoms with Gasteiger partial charge >= 0.3 is 0 Å². The number of nitrogens with zero attached hydrogens (tertiary/aromatic N) is 1. The van der Waals surface area contributed by atoms with Crippen molar-refractivity contribution in [3.05, 3.63) is 65.7 Å². The highest BCUT2D eigenvalue weighted by Crippen LogP contribution is 2.15. The van der Waals surface area contributed by atoms with E-state index in [2.05, 4.69) is 10.2 Å². The highest BCUT2D eigenvalue weighted by atomic mass is 16.5. The van der Waals surface area contributed by atoms with Crippen LogP contribution < -0.4 is 15.8 Å². The number of hydrogen-bond donors (Lipinski definition) is 2. The topological polar surface area (TPSA) is 76.8 Å². The Balaban J connectivity index is 1.40. The minimum Gasteiger partial charge on any atom is -0.492 e. The summed E-state index contributed by atoms with van der Waals surface area (Å²) in [5.74, 6) is 0.760. The first-order valence-corrected chi connectivity index (χ1v) is 9.80. The standard InChI is InChI=1S/C22H29N3O3/c23-21(19-6-2-1-3-7-19)16-22(26)24-17-18-5-4-8-20(15-18)28-14-11-25-9-12-27-13-10-25/h1-8,15,21H,9-14,16-17,23H2,(H,24,26). The molecule has 150 valence electrons. The molecular weight excluding hydrogens is 354 g/mol. The Bertz CT molecular complexity index is 733. The molecule has 0 radical (unpaired) electrons. The van der Waals surface area contributed by atoms with Crippen LogP contribution in [0.3, 0.4) is 0 Å². The molecule has 2 aromatic carbocycles. The van der Waals surface area contributed by atoms with Crippen LogP contribution in [0.2, 0.25) is 0 Å². The van der Waals surface area contributed by atoms with Crippen molar-refractivity contribution in [3.63, 3.8) is 0 Å². The van der Waals surface area contributed by atoms with Crippen molar-refractivity contribution >= 4 is 5.91 Å². The van der Waals surface area contributed by atoms with Gasteiger partial charge in [-0.3, -0.25) is 9.69 Å². The molecule has 1 aliphatic heterocycles. The molecule has 0 aliphatic carbocycles. The Labute approximate surface area is 166 Å². The summed E-state index contributed by atoms with van der Waals surface area (Å²) in [6.45, 7) is 5.50. The van der Waals surface area contributed by atoms with Crippen molar-refractivity contribution in [2.45, 2.75) is 19.0 Å². The molecule has 0 saturated carbocycles. The van der Waals surface area contributed by atoms with E-state index in [1.54, 1.807) is 0 Å². The number of carbonyl (C=O) groups is 1. The summed E-state index contributed by atoms with van der Waals surface area (Å²) in [6.07, 6.45) is 0.264. The molecule has 0 aromatic heterocycles. The van der Waals surface area contributed by atoms with Crippen LogP contribution in [0.25, 0.3) is 0 Å². The summed E-state index contributed by atoms with van der Waals surface area (Å²) in [5, 5.41) is 2.94. The van der Waals surface area contributed by atoms with Crippen LogP contribution in [0, 0.1) is 0 Å². The van der Waals surface area contributed by atoms with Crippen LogP contribution in [-0.4, -0.2) is 50.3 Å². The Kier molecular flexibility index (Phi) is 7.84. The van der Waals surface area contributed by atoms with E-state index in [9.17, 15) is 4.79 Å². The molecule has 3 N–H and O–H groups in total. The number of benzene rings is 2. The van der Waals surface area contributed by atoms with E-state index in [0.29, 0.717) is 13.2 Å². The molecule has 0 bridgehead atoms. The fourth-order valence-corrected chi connectivity index (χ4v) is 3.15. The summed E-state index contributed by atoms with van der Waals surface area (Å²) in [5.41, 5.74) is 8.08. The van der Waals surface area contributed by atoms with Gasteiger partial charge in [0, 0.05) is 38.6 Å². The number of amides is 1. The van der Waals surface area contributed by atoms with Gasteiger partial charge < -0.3 is 20.5 Å². The molecule has 1 amide bonds. The quantitative estimate of drug-likeness (QED) is 0.694.